The number of anilines is 1. The van der Waals surface area contributed by atoms with Gasteiger partial charge in [0, 0.05) is 12.6 Å². The molecule has 0 radical (unpaired) electrons. The molecule has 0 aliphatic rings. The molecule has 0 aliphatic heterocycles. The van der Waals surface area contributed by atoms with Crippen molar-refractivity contribution < 1.29 is 13.2 Å². The van der Waals surface area contributed by atoms with Crippen LogP contribution in [-0.2, 0) is 12.6 Å². The molecular formula is C9H9F3N4. The summed E-state index contributed by atoms with van der Waals surface area (Å²) in [6, 6.07) is 0.865. The van der Waals surface area contributed by atoms with E-state index in [0.29, 0.717) is 12.2 Å². The van der Waals surface area contributed by atoms with E-state index >= 15 is 0 Å². The summed E-state index contributed by atoms with van der Waals surface area (Å²) in [4.78, 5) is 0. The van der Waals surface area contributed by atoms with Crippen LogP contribution in [0.5, 0.6) is 0 Å². The molecule has 7 heteroatoms. The highest BCUT2D eigenvalue weighted by atomic mass is 19.4. The largest absolute Gasteiger partial charge is 0.417 e. The maximum atomic E-state index is 12.5. The first-order chi connectivity index (χ1) is 7.43. The third kappa shape index (κ3) is 1.58. The van der Waals surface area contributed by atoms with Gasteiger partial charge in [0.15, 0.2) is 5.65 Å². The summed E-state index contributed by atoms with van der Waals surface area (Å²) in [5.41, 5.74) is 4.93. The summed E-state index contributed by atoms with van der Waals surface area (Å²) in [6.07, 6.45) is -2.97. The SMILES string of the molecule is CCc1nnc2c(N)cc(C(F)(F)F)cn12. The number of nitrogens with zero attached hydrogens (tertiary/aromatic N) is 3. The number of halogens is 3. The zero-order valence-corrected chi connectivity index (χ0v) is 8.41. The summed E-state index contributed by atoms with van der Waals surface area (Å²) in [5, 5.41) is 7.50. The van der Waals surface area contributed by atoms with Gasteiger partial charge in [0.2, 0.25) is 0 Å². The van der Waals surface area contributed by atoms with Crippen molar-refractivity contribution in [1.82, 2.24) is 14.6 Å². The van der Waals surface area contributed by atoms with E-state index in [9.17, 15) is 13.2 Å². The molecule has 2 aromatic rings. The highest BCUT2D eigenvalue weighted by Gasteiger charge is 2.32. The van der Waals surface area contributed by atoms with E-state index in [2.05, 4.69) is 10.2 Å². The van der Waals surface area contributed by atoms with E-state index < -0.39 is 11.7 Å². The highest BCUT2D eigenvalue weighted by molar-refractivity contribution is 5.65. The van der Waals surface area contributed by atoms with Gasteiger partial charge in [0.1, 0.15) is 5.82 Å². The van der Waals surface area contributed by atoms with Gasteiger partial charge in [-0.15, -0.1) is 10.2 Å². The lowest BCUT2D eigenvalue weighted by Crippen LogP contribution is -2.08. The second-order valence-electron chi connectivity index (χ2n) is 3.35. The van der Waals surface area contributed by atoms with Crippen LogP contribution in [-0.4, -0.2) is 14.6 Å². The predicted octanol–water partition coefficient (Wildman–Crippen LogP) is 1.89. The van der Waals surface area contributed by atoms with Crippen molar-refractivity contribution in [3.05, 3.63) is 23.7 Å². The first-order valence-electron chi connectivity index (χ1n) is 4.63. The number of alkyl halides is 3. The number of nitrogen functional groups attached to an aromatic ring is 1. The lowest BCUT2D eigenvalue weighted by atomic mass is 10.2. The topological polar surface area (TPSA) is 56.2 Å². The zero-order valence-electron chi connectivity index (χ0n) is 8.41. The van der Waals surface area contributed by atoms with Crippen molar-refractivity contribution in [2.24, 2.45) is 0 Å². The molecule has 2 aromatic heterocycles. The molecule has 0 spiro atoms. The van der Waals surface area contributed by atoms with E-state index in [-0.39, 0.29) is 11.3 Å². The molecule has 0 aromatic carbocycles. The molecular weight excluding hydrogens is 221 g/mol. The Morgan fingerprint density at radius 2 is 2.06 bits per heavy atom. The Kier molecular flexibility index (Phi) is 2.25. The van der Waals surface area contributed by atoms with Crippen molar-refractivity contribution in [3.8, 4) is 0 Å². The Labute approximate surface area is 88.9 Å². The molecule has 2 heterocycles. The quantitative estimate of drug-likeness (QED) is 0.813. The fourth-order valence-corrected chi connectivity index (χ4v) is 1.46. The third-order valence-electron chi connectivity index (χ3n) is 2.25. The normalized spacial score (nSPS) is 12.2. The number of aromatic nitrogens is 3. The highest BCUT2D eigenvalue weighted by Crippen LogP contribution is 2.31. The molecule has 0 fully saturated rings. The molecule has 0 saturated carbocycles. The van der Waals surface area contributed by atoms with Crippen LogP contribution < -0.4 is 5.73 Å². The van der Waals surface area contributed by atoms with Gasteiger partial charge in [-0.2, -0.15) is 13.2 Å². The summed E-state index contributed by atoms with van der Waals surface area (Å²) >= 11 is 0. The second kappa shape index (κ2) is 3.36. The van der Waals surface area contributed by atoms with Gasteiger partial charge < -0.3 is 5.73 Å². The smallest absolute Gasteiger partial charge is 0.396 e. The Hall–Kier alpha value is -1.79. The molecule has 0 amide bonds. The molecule has 2 N–H and O–H groups in total. The van der Waals surface area contributed by atoms with E-state index in [4.69, 9.17) is 5.73 Å². The number of rotatable bonds is 1. The van der Waals surface area contributed by atoms with E-state index in [1.165, 1.54) is 4.40 Å². The van der Waals surface area contributed by atoms with Gasteiger partial charge in [-0.3, -0.25) is 4.40 Å². The zero-order chi connectivity index (χ0) is 11.9. The summed E-state index contributed by atoms with van der Waals surface area (Å²) in [6.45, 7) is 1.78. The van der Waals surface area contributed by atoms with Crippen molar-refractivity contribution in [1.29, 1.82) is 0 Å². The Balaban J connectivity index is 2.73. The minimum absolute atomic E-state index is 0.0259. The molecule has 0 unspecified atom stereocenters. The summed E-state index contributed by atoms with van der Waals surface area (Å²) in [5.74, 6) is 0.452. The van der Waals surface area contributed by atoms with Gasteiger partial charge in [0.05, 0.1) is 11.3 Å². The number of fused-ring (bicyclic) bond motifs is 1. The van der Waals surface area contributed by atoms with Crippen molar-refractivity contribution >= 4 is 11.3 Å². The average Bonchev–Trinajstić information content (AvgIpc) is 2.59. The number of aryl methyl sites for hydroxylation is 1. The van der Waals surface area contributed by atoms with E-state index in [0.717, 1.165) is 12.3 Å². The van der Waals surface area contributed by atoms with Crippen LogP contribution in [0.15, 0.2) is 12.3 Å². The van der Waals surface area contributed by atoms with Gasteiger partial charge in [0.25, 0.3) is 0 Å². The molecule has 4 nitrogen and oxygen atoms in total. The molecule has 86 valence electrons. The first-order valence-corrected chi connectivity index (χ1v) is 4.63. The van der Waals surface area contributed by atoms with Crippen molar-refractivity contribution in [2.45, 2.75) is 19.5 Å². The van der Waals surface area contributed by atoms with Crippen LogP contribution in [0, 0.1) is 0 Å². The lowest BCUT2D eigenvalue weighted by molar-refractivity contribution is -0.137. The maximum Gasteiger partial charge on any atom is 0.417 e. The number of hydrogen-bond donors (Lipinski definition) is 1. The first kappa shape index (κ1) is 10.7. The van der Waals surface area contributed by atoms with Crippen LogP contribution in [0.3, 0.4) is 0 Å². The van der Waals surface area contributed by atoms with Crippen LogP contribution in [0.4, 0.5) is 18.9 Å². The Morgan fingerprint density at radius 3 is 2.62 bits per heavy atom. The molecule has 2 rings (SSSR count). The number of pyridine rings is 1. The summed E-state index contributed by atoms with van der Waals surface area (Å²) in [7, 11) is 0. The number of nitrogens with two attached hydrogens (primary N) is 1. The van der Waals surface area contributed by atoms with Crippen molar-refractivity contribution in [2.75, 3.05) is 5.73 Å². The van der Waals surface area contributed by atoms with Crippen molar-refractivity contribution in [3.63, 3.8) is 0 Å². The average molecular weight is 230 g/mol. The lowest BCUT2D eigenvalue weighted by Gasteiger charge is -2.08. The minimum Gasteiger partial charge on any atom is -0.396 e. The third-order valence-corrected chi connectivity index (χ3v) is 2.25. The molecule has 0 saturated heterocycles. The van der Waals surface area contributed by atoms with E-state index in [1.54, 1.807) is 6.92 Å². The fourth-order valence-electron chi connectivity index (χ4n) is 1.46. The van der Waals surface area contributed by atoms with Crippen LogP contribution in [0.1, 0.15) is 18.3 Å². The summed E-state index contributed by atoms with van der Waals surface area (Å²) < 4.78 is 38.9. The van der Waals surface area contributed by atoms with E-state index in [1.807, 2.05) is 0 Å². The maximum absolute atomic E-state index is 12.5. The monoisotopic (exact) mass is 230 g/mol. The minimum atomic E-state index is -4.42. The molecule has 0 bridgehead atoms. The van der Waals surface area contributed by atoms with Gasteiger partial charge in [-0.1, -0.05) is 6.92 Å². The van der Waals surface area contributed by atoms with Gasteiger partial charge >= 0.3 is 6.18 Å². The second-order valence-corrected chi connectivity index (χ2v) is 3.35. The molecule has 16 heavy (non-hydrogen) atoms. The molecule has 0 atom stereocenters. The van der Waals surface area contributed by atoms with Gasteiger partial charge in [-0.05, 0) is 6.07 Å². The Morgan fingerprint density at radius 1 is 1.38 bits per heavy atom. The Bertz CT molecular complexity index is 529. The van der Waals surface area contributed by atoms with Gasteiger partial charge in [-0.25, -0.2) is 0 Å². The predicted molar refractivity (Wildman–Crippen MR) is 51.8 cm³/mol. The fraction of sp³-hybridized carbons (Fsp3) is 0.333. The van der Waals surface area contributed by atoms with Crippen LogP contribution >= 0.6 is 0 Å². The standard InChI is InChI=1S/C9H9F3N4/c1-2-7-14-15-8-6(13)3-5(4-16(7)8)9(10,11)12/h3-4H,2,13H2,1H3. The number of hydrogen-bond acceptors (Lipinski definition) is 3. The molecule has 0 aliphatic carbocycles. The van der Waals surface area contributed by atoms with Crippen LogP contribution in [0.25, 0.3) is 5.65 Å². The van der Waals surface area contributed by atoms with Crippen LogP contribution in [0.2, 0.25) is 0 Å².